The second-order valence-electron chi connectivity index (χ2n) is 5.51. The number of hydrogen-bond donors (Lipinski definition) is 0. The molecule has 1 aliphatic rings. The van der Waals surface area contributed by atoms with E-state index in [-0.39, 0.29) is 18.1 Å². The van der Waals surface area contributed by atoms with E-state index in [4.69, 9.17) is 25.6 Å². The van der Waals surface area contributed by atoms with Crippen LogP contribution < -0.4 is 0 Å². The van der Waals surface area contributed by atoms with E-state index in [0.717, 1.165) is 0 Å². The number of aromatic nitrogens is 1. The summed E-state index contributed by atoms with van der Waals surface area (Å²) in [5.74, 6) is -0.626. The molecule has 25 heavy (non-hydrogen) atoms. The molecule has 0 aliphatic carbocycles. The van der Waals surface area contributed by atoms with Gasteiger partial charge in [0.15, 0.2) is 6.61 Å². The number of hydrogen-bond acceptors (Lipinski definition) is 6. The number of benzene rings is 1. The summed E-state index contributed by atoms with van der Waals surface area (Å²) in [6.45, 7) is 3.22. The highest BCUT2D eigenvalue weighted by Gasteiger charge is 2.26. The number of ether oxygens (including phenoxy) is 2. The van der Waals surface area contributed by atoms with Crippen LogP contribution in [-0.4, -0.2) is 54.8 Å². The summed E-state index contributed by atoms with van der Waals surface area (Å²) >= 11 is 6.17. The summed E-state index contributed by atoms with van der Waals surface area (Å²) in [6, 6.07) is 6.98. The lowest BCUT2D eigenvalue weighted by Gasteiger charge is -2.26. The average molecular weight is 365 g/mol. The number of morpholine rings is 1. The van der Waals surface area contributed by atoms with Crippen molar-refractivity contribution in [2.24, 2.45) is 0 Å². The standard InChI is InChI=1S/C17H17ClN2O5/c1-11-15(16(19-25-11)12-4-2-3-5-13(12)18)17(22)24-10-14(21)20-6-8-23-9-7-20/h2-5H,6-10H2,1H3. The van der Waals surface area contributed by atoms with E-state index in [1.54, 1.807) is 36.1 Å². The molecule has 1 saturated heterocycles. The van der Waals surface area contributed by atoms with Gasteiger partial charge in [-0.05, 0) is 13.0 Å². The third kappa shape index (κ3) is 3.83. The first-order chi connectivity index (χ1) is 12.1. The van der Waals surface area contributed by atoms with Crippen LogP contribution in [0.2, 0.25) is 5.02 Å². The van der Waals surface area contributed by atoms with E-state index in [0.29, 0.717) is 48.3 Å². The first kappa shape index (κ1) is 17.4. The zero-order valence-electron chi connectivity index (χ0n) is 13.7. The van der Waals surface area contributed by atoms with Crippen LogP contribution in [0.3, 0.4) is 0 Å². The normalized spacial score (nSPS) is 14.4. The van der Waals surface area contributed by atoms with Crippen molar-refractivity contribution in [1.29, 1.82) is 0 Å². The van der Waals surface area contributed by atoms with Crippen molar-refractivity contribution in [2.75, 3.05) is 32.9 Å². The Kier molecular flexibility index (Phi) is 5.35. The monoisotopic (exact) mass is 364 g/mol. The molecule has 8 heteroatoms. The summed E-state index contributed by atoms with van der Waals surface area (Å²) in [6.07, 6.45) is 0. The summed E-state index contributed by atoms with van der Waals surface area (Å²) in [5.41, 5.74) is 1.03. The second-order valence-corrected chi connectivity index (χ2v) is 5.92. The third-order valence-corrected chi connectivity index (χ3v) is 4.22. The molecule has 1 aromatic heterocycles. The minimum absolute atomic E-state index is 0.169. The average Bonchev–Trinajstić information content (AvgIpc) is 3.02. The minimum atomic E-state index is -0.671. The van der Waals surface area contributed by atoms with Gasteiger partial charge < -0.3 is 18.9 Å². The van der Waals surface area contributed by atoms with E-state index in [1.807, 2.05) is 0 Å². The number of esters is 1. The van der Waals surface area contributed by atoms with Gasteiger partial charge in [0.25, 0.3) is 5.91 Å². The van der Waals surface area contributed by atoms with Crippen LogP contribution >= 0.6 is 11.6 Å². The maximum atomic E-state index is 12.5. The van der Waals surface area contributed by atoms with Crippen molar-refractivity contribution in [3.8, 4) is 11.3 Å². The number of carbonyl (C=O) groups is 2. The van der Waals surface area contributed by atoms with Crippen LogP contribution in [0, 0.1) is 6.92 Å². The van der Waals surface area contributed by atoms with E-state index < -0.39 is 5.97 Å². The Bertz CT molecular complexity index is 783. The number of rotatable bonds is 4. The number of aryl methyl sites for hydroxylation is 1. The lowest BCUT2D eigenvalue weighted by molar-refractivity contribution is -0.138. The topological polar surface area (TPSA) is 81.9 Å². The fourth-order valence-electron chi connectivity index (χ4n) is 2.55. The summed E-state index contributed by atoms with van der Waals surface area (Å²) in [7, 11) is 0. The minimum Gasteiger partial charge on any atom is -0.452 e. The van der Waals surface area contributed by atoms with Crippen LogP contribution in [0.4, 0.5) is 0 Å². The predicted octanol–water partition coefficient (Wildman–Crippen LogP) is 2.32. The molecule has 0 atom stereocenters. The maximum Gasteiger partial charge on any atom is 0.344 e. The van der Waals surface area contributed by atoms with Gasteiger partial charge >= 0.3 is 5.97 Å². The number of amides is 1. The second kappa shape index (κ2) is 7.67. The summed E-state index contributed by atoms with van der Waals surface area (Å²) in [4.78, 5) is 26.2. The highest BCUT2D eigenvalue weighted by molar-refractivity contribution is 6.33. The molecule has 132 valence electrons. The summed E-state index contributed by atoms with van der Waals surface area (Å²) in [5, 5.41) is 4.35. The maximum absolute atomic E-state index is 12.5. The first-order valence-corrected chi connectivity index (χ1v) is 8.19. The van der Waals surface area contributed by atoms with Crippen LogP contribution in [-0.2, 0) is 14.3 Å². The van der Waals surface area contributed by atoms with Crippen LogP contribution in [0.5, 0.6) is 0 Å². The highest BCUT2D eigenvalue weighted by Crippen LogP contribution is 2.31. The molecule has 1 aromatic carbocycles. The van der Waals surface area contributed by atoms with Gasteiger partial charge in [-0.1, -0.05) is 35.0 Å². The third-order valence-electron chi connectivity index (χ3n) is 3.89. The Hall–Kier alpha value is -2.38. The quantitative estimate of drug-likeness (QED) is 0.774. The Morgan fingerprint density at radius 1 is 1.28 bits per heavy atom. The first-order valence-electron chi connectivity index (χ1n) is 7.81. The molecular formula is C17H17ClN2O5. The van der Waals surface area contributed by atoms with Crippen molar-refractivity contribution < 1.29 is 23.6 Å². The molecule has 0 radical (unpaired) electrons. The highest BCUT2D eigenvalue weighted by atomic mass is 35.5. The van der Waals surface area contributed by atoms with Crippen molar-refractivity contribution in [2.45, 2.75) is 6.92 Å². The van der Waals surface area contributed by atoms with E-state index >= 15 is 0 Å². The molecule has 0 N–H and O–H groups in total. The van der Waals surface area contributed by atoms with Gasteiger partial charge in [0.1, 0.15) is 17.0 Å². The molecule has 0 unspecified atom stereocenters. The van der Waals surface area contributed by atoms with Gasteiger partial charge in [0, 0.05) is 18.7 Å². The Morgan fingerprint density at radius 2 is 2.00 bits per heavy atom. The zero-order valence-corrected chi connectivity index (χ0v) is 14.4. The Morgan fingerprint density at radius 3 is 2.72 bits per heavy atom. The van der Waals surface area contributed by atoms with Crippen molar-refractivity contribution in [3.63, 3.8) is 0 Å². The van der Waals surface area contributed by atoms with Gasteiger partial charge in [0.05, 0.1) is 18.2 Å². The molecule has 0 spiro atoms. The predicted molar refractivity (Wildman–Crippen MR) is 89.4 cm³/mol. The molecule has 0 bridgehead atoms. The van der Waals surface area contributed by atoms with Crippen molar-refractivity contribution in [1.82, 2.24) is 10.1 Å². The number of nitrogens with zero attached hydrogens (tertiary/aromatic N) is 2. The molecule has 2 aromatic rings. The molecule has 7 nitrogen and oxygen atoms in total. The Labute approximate surface area is 149 Å². The molecule has 1 aliphatic heterocycles. The molecule has 3 rings (SSSR count). The van der Waals surface area contributed by atoms with Crippen LogP contribution in [0.1, 0.15) is 16.1 Å². The van der Waals surface area contributed by atoms with Crippen molar-refractivity contribution >= 4 is 23.5 Å². The molecule has 2 heterocycles. The van der Waals surface area contributed by atoms with Gasteiger partial charge in [0.2, 0.25) is 0 Å². The van der Waals surface area contributed by atoms with E-state index in [1.165, 1.54) is 0 Å². The Balaban J connectivity index is 1.73. The smallest absolute Gasteiger partial charge is 0.344 e. The number of halogens is 1. The van der Waals surface area contributed by atoms with E-state index in [9.17, 15) is 9.59 Å². The number of carbonyl (C=O) groups excluding carboxylic acids is 2. The van der Waals surface area contributed by atoms with Gasteiger partial charge in [-0.25, -0.2) is 4.79 Å². The van der Waals surface area contributed by atoms with Gasteiger partial charge in [-0.2, -0.15) is 0 Å². The largest absolute Gasteiger partial charge is 0.452 e. The van der Waals surface area contributed by atoms with Crippen LogP contribution in [0.25, 0.3) is 11.3 Å². The molecular weight excluding hydrogens is 348 g/mol. The van der Waals surface area contributed by atoms with E-state index in [2.05, 4.69) is 5.16 Å². The van der Waals surface area contributed by atoms with Crippen molar-refractivity contribution in [3.05, 3.63) is 40.6 Å². The molecule has 1 amide bonds. The SMILES string of the molecule is Cc1onc(-c2ccccc2Cl)c1C(=O)OCC(=O)N1CCOCC1. The molecule has 0 saturated carbocycles. The summed E-state index contributed by atoms with van der Waals surface area (Å²) < 4.78 is 15.5. The fraction of sp³-hybridized carbons (Fsp3) is 0.353. The lowest BCUT2D eigenvalue weighted by atomic mass is 10.1. The van der Waals surface area contributed by atoms with Gasteiger partial charge in [-0.15, -0.1) is 0 Å². The fourth-order valence-corrected chi connectivity index (χ4v) is 2.78. The lowest BCUT2D eigenvalue weighted by Crippen LogP contribution is -2.42. The molecule has 1 fully saturated rings. The van der Waals surface area contributed by atoms with Crippen LogP contribution in [0.15, 0.2) is 28.8 Å². The zero-order chi connectivity index (χ0) is 17.8. The van der Waals surface area contributed by atoms with Gasteiger partial charge in [-0.3, -0.25) is 4.79 Å².